The number of nitrogens with one attached hydrogen (secondary N) is 2. The first-order chi connectivity index (χ1) is 11.5. The van der Waals surface area contributed by atoms with Crippen molar-refractivity contribution in [3.8, 4) is 0 Å². The Morgan fingerprint density at radius 1 is 1.04 bits per heavy atom. The highest BCUT2D eigenvalue weighted by molar-refractivity contribution is 5.65. The first-order valence-electron chi connectivity index (χ1n) is 8.02. The molecule has 0 aromatic heterocycles. The number of aryl methyl sites for hydroxylation is 1. The Kier molecular flexibility index (Phi) is 6.78. The van der Waals surface area contributed by atoms with Gasteiger partial charge >= 0.3 is 6.09 Å². The van der Waals surface area contributed by atoms with E-state index in [9.17, 15) is 9.90 Å². The molecule has 0 fully saturated rings. The first-order valence-corrected chi connectivity index (χ1v) is 8.02. The molecule has 0 aliphatic rings. The molecular weight excluding hydrogens is 304 g/mol. The average Bonchev–Trinajstić information content (AvgIpc) is 2.56. The Morgan fingerprint density at radius 2 is 1.71 bits per heavy atom. The van der Waals surface area contributed by atoms with Gasteiger partial charge in [-0.2, -0.15) is 0 Å². The molecule has 5 heteroatoms. The zero-order chi connectivity index (χ0) is 17.4. The minimum absolute atomic E-state index is 0.311. The van der Waals surface area contributed by atoms with Crippen LogP contribution in [0.25, 0.3) is 0 Å². The maximum Gasteiger partial charge on any atom is 0.404 e. The van der Waals surface area contributed by atoms with Crippen molar-refractivity contribution in [1.82, 2.24) is 10.6 Å². The van der Waals surface area contributed by atoms with E-state index in [1.165, 1.54) is 5.56 Å². The van der Waals surface area contributed by atoms with Gasteiger partial charge in [0.1, 0.15) is 0 Å². The van der Waals surface area contributed by atoms with Crippen molar-refractivity contribution in [2.45, 2.75) is 32.0 Å². The lowest BCUT2D eigenvalue weighted by Gasteiger charge is -2.23. The SMILES string of the molecule is Cc1ccc(CNCC(O)C(Cc2ccccc2)NC(=O)O)cc1. The molecular formula is C19H24N2O3. The van der Waals surface area contributed by atoms with E-state index in [1.807, 2.05) is 61.5 Å². The average molecular weight is 328 g/mol. The predicted molar refractivity (Wildman–Crippen MR) is 94.0 cm³/mol. The molecule has 2 aromatic rings. The van der Waals surface area contributed by atoms with E-state index in [1.54, 1.807) is 0 Å². The van der Waals surface area contributed by atoms with E-state index in [0.29, 0.717) is 19.5 Å². The van der Waals surface area contributed by atoms with Crippen molar-refractivity contribution in [2.24, 2.45) is 0 Å². The maximum absolute atomic E-state index is 11.0. The van der Waals surface area contributed by atoms with Crippen LogP contribution in [0.3, 0.4) is 0 Å². The number of aliphatic hydroxyl groups is 1. The van der Waals surface area contributed by atoms with Crippen molar-refractivity contribution in [1.29, 1.82) is 0 Å². The van der Waals surface area contributed by atoms with Crippen molar-refractivity contribution in [2.75, 3.05) is 6.54 Å². The molecule has 0 radical (unpaired) electrons. The minimum atomic E-state index is -1.13. The van der Waals surface area contributed by atoms with E-state index in [-0.39, 0.29) is 0 Å². The standard InChI is InChI=1S/C19H24N2O3/c1-14-7-9-16(10-8-14)12-20-13-18(22)17(21-19(23)24)11-15-5-3-2-4-6-15/h2-10,17-18,20-22H,11-13H2,1H3,(H,23,24). The molecule has 2 atom stereocenters. The number of aliphatic hydroxyl groups excluding tert-OH is 1. The molecule has 2 rings (SSSR count). The van der Waals surface area contributed by atoms with E-state index in [2.05, 4.69) is 10.6 Å². The third-order valence-corrected chi connectivity index (χ3v) is 3.87. The fourth-order valence-electron chi connectivity index (χ4n) is 2.52. The molecule has 2 unspecified atom stereocenters. The summed E-state index contributed by atoms with van der Waals surface area (Å²) in [6.45, 7) is 2.97. The van der Waals surface area contributed by atoms with Gasteiger partial charge in [-0.25, -0.2) is 4.79 Å². The lowest BCUT2D eigenvalue weighted by Crippen LogP contribution is -2.48. The van der Waals surface area contributed by atoms with Crippen LogP contribution in [0.5, 0.6) is 0 Å². The topological polar surface area (TPSA) is 81.6 Å². The Hall–Kier alpha value is -2.37. The van der Waals surface area contributed by atoms with Gasteiger partial charge in [-0.1, -0.05) is 60.2 Å². The molecule has 0 bridgehead atoms. The molecule has 5 nitrogen and oxygen atoms in total. The van der Waals surface area contributed by atoms with Gasteiger partial charge in [0.05, 0.1) is 12.1 Å². The summed E-state index contributed by atoms with van der Waals surface area (Å²) >= 11 is 0. The number of hydrogen-bond donors (Lipinski definition) is 4. The monoisotopic (exact) mass is 328 g/mol. The molecule has 0 aliphatic carbocycles. The second-order valence-electron chi connectivity index (χ2n) is 5.93. The minimum Gasteiger partial charge on any atom is -0.465 e. The van der Waals surface area contributed by atoms with Gasteiger partial charge in [0.2, 0.25) is 0 Å². The van der Waals surface area contributed by atoms with E-state index < -0.39 is 18.2 Å². The van der Waals surface area contributed by atoms with E-state index in [4.69, 9.17) is 5.11 Å². The number of carboxylic acid groups (broad SMARTS) is 1. The maximum atomic E-state index is 11.0. The number of benzene rings is 2. The quantitative estimate of drug-likeness (QED) is 0.599. The van der Waals surface area contributed by atoms with Gasteiger partial charge < -0.3 is 20.8 Å². The van der Waals surface area contributed by atoms with Crippen LogP contribution < -0.4 is 10.6 Å². The number of rotatable bonds is 8. The van der Waals surface area contributed by atoms with Crippen LogP contribution in [-0.2, 0) is 13.0 Å². The second-order valence-corrected chi connectivity index (χ2v) is 5.93. The van der Waals surface area contributed by atoms with Gasteiger partial charge in [0.25, 0.3) is 0 Å². The van der Waals surface area contributed by atoms with Crippen molar-refractivity contribution in [3.63, 3.8) is 0 Å². The van der Waals surface area contributed by atoms with Crippen LogP contribution in [-0.4, -0.2) is 35.0 Å². The van der Waals surface area contributed by atoms with Crippen molar-refractivity contribution < 1.29 is 15.0 Å². The smallest absolute Gasteiger partial charge is 0.404 e. The summed E-state index contributed by atoms with van der Waals surface area (Å²) in [6.07, 6.45) is -1.50. The zero-order valence-corrected chi connectivity index (χ0v) is 13.8. The third kappa shape index (κ3) is 6.02. The van der Waals surface area contributed by atoms with Gasteiger partial charge in [0, 0.05) is 13.1 Å². The summed E-state index contributed by atoms with van der Waals surface area (Å²) in [6, 6.07) is 17.1. The molecule has 0 aliphatic heterocycles. The van der Waals surface area contributed by atoms with Crippen LogP contribution in [0.4, 0.5) is 4.79 Å². The molecule has 128 valence electrons. The fraction of sp³-hybridized carbons (Fsp3) is 0.316. The van der Waals surface area contributed by atoms with Crippen LogP contribution in [0.2, 0.25) is 0 Å². The molecule has 1 amide bonds. The number of carbonyl (C=O) groups is 1. The normalized spacial score (nSPS) is 13.2. The van der Waals surface area contributed by atoms with Gasteiger partial charge in [0.15, 0.2) is 0 Å². The van der Waals surface area contributed by atoms with Gasteiger partial charge in [-0.15, -0.1) is 0 Å². The molecule has 2 aromatic carbocycles. The summed E-state index contributed by atoms with van der Waals surface area (Å²) in [4.78, 5) is 11.0. The lowest BCUT2D eigenvalue weighted by molar-refractivity contribution is 0.117. The Bertz CT molecular complexity index is 629. The highest BCUT2D eigenvalue weighted by Crippen LogP contribution is 2.07. The molecule has 0 saturated carbocycles. The molecule has 0 heterocycles. The summed E-state index contributed by atoms with van der Waals surface area (Å²) in [7, 11) is 0. The summed E-state index contributed by atoms with van der Waals surface area (Å²) in [5.41, 5.74) is 3.31. The molecule has 0 saturated heterocycles. The first kappa shape index (κ1) is 18.0. The highest BCUT2D eigenvalue weighted by Gasteiger charge is 2.21. The van der Waals surface area contributed by atoms with Crippen LogP contribution in [0.15, 0.2) is 54.6 Å². The summed E-state index contributed by atoms with van der Waals surface area (Å²) < 4.78 is 0. The number of hydrogen-bond acceptors (Lipinski definition) is 3. The third-order valence-electron chi connectivity index (χ3n) is 3.87. The number of amides is 1. The van der Waals surface area contributed by atoms with E-state index >= 15 is 0 Å². The van der Waals surface area contributed by atoms with Crippen LogP contribution in [0, 0.1) is 6.92 Å². The Balaban J connectivity index is 1.88. The van der Waals surface area contributed by atoms with Crippen molar-refractivity contribution in [3.05, 3.63) is 71.3 Å². The Labute approximate surface area is 142 Å². The summed E-state index contributed by atoms with van der Waals surface area (Å²) in [5, 5.41) is 24.9. The van der Waals surface area contributed by atoms with Gasteiger partial charge in [-0.3, -0.25) is 0 Å². The Morgan fingerprint density at radius 3 is 2.33 bits per heavy atom. The van der Waals surface area contributed by atoms with E-state index in [0.717, 1.165) is 11.1 Å². The fourth-order valence-corrected chi connectivity index (χ4v) is 2.52. The van der Waals surface area contributed by atoms with Crippen LogP contribution in [0.1, 0.15) is 16.7 Å². The largest absolute Gasteiger partial charge is 0.465 e. The molecule has 0 spiro atoms. The predicted octanol–water partition coefficient (Wildman–Crippen LogP) is 2.32. The molecule has 24 heavy (non-hydrogen) atoms. The lowest BCUT2D eigenvalue weighted by atomic mass is 10.0. The molecule has 4 N–H and O–H groups in total. The highest BCUT2D eigenvalue weighted by atomic mass is 16.4. The zero-order valence-electron chi connectivity index (χ0n) is 13.8. The summed E-state index contributed by atoms with van der Waals surface area (Å²) in [5.74, 6) is 0. The van der Waals surface area contributed by atoms with Crippen molar-refractivity contribution >= 4 is 6.09 Å². The van der Waals surface area contributed by atoms with Gasteiger partial charge in [-0.05, 0) is 24.5 Å². The van der Waals surface area contributed by atoms with Crippen LogP contribution >= 0.6 is 0 Å². The second kappa shape index (κ2) is 9.05.